The van der Waals surface area contributed by atoms with E-state index < -0.39 is 0 Å². The second-order valence-electron chi connectivity index (χ2n) is 7.14. The molecule has 0 spiro atoms. The van der Waals surface area contributed by atoms with Gasteiger partial charge < -0.3 is 19.9 Å². The Morgan fingerprint density at radius 3 is 2.40 bits per heavy atom. The standard InChI is InChI=1S/C18H34N4O2.HI/c1-15(23)22-10-5-17(6-11-22)14-20-18(19-2)21(3)9-4-16-7-12-24-13-8-16;/h16-17H,4-14H2,1-3H3,(H,19,20);1H. The number of carbonyl (C=O) groups excluding carboxylic acids is 1. The molecule has 2 heterocycles. The molecule has 25 heavy (non-hydrogen) atoms. The second kappa shape index (κ2) is 11.9. The van der Waals surface area contributed by atoms with Crippen molar-refractivity contribution in [3.05, 3.63) is 0 Å². The Morgan fingerprint density at radius 2 is 1.84 bits per heavy atom. The molecule has 2 aliphatic heterocycles. The lowest BCUT2D eigenvalue weighted by Crippen LogP contribution is -2.44. The normalized spacial score (nSPS) is 20.1. The van der Waals surface area contributed by atoms with Gasteiger partial charge in [-0.3, -0.25) is 9.79 Å². The van der Waals surface area contributed by atoms with Gasteiger partial charge in [0.1, 0.15) is 0 Å². The number of hydrogen-bond donors (Lipinski definition) is 1. The molecule has 0 aromatic heterocycles. The van der Waals surface area contributed by atoms with Crippen molar-refractivity contribution in [1.29, 1.82) is 0 Å². The monoisotopic (exact) mass is 466 g/mol. The molecular formula is C18H35IN4O2. The van der Waals surface area contributed by atoms with Crippen LogP contribution in [0.1, 0.15) is 39.0 Å². The largest absolute Gasteiger partial charge is 0.381 e. The minimum Gasteiger partial charge on any atom is -0.381 e. The first-order chi connectivity index (χ1) is 11.6. The van der Waals surface area contributed by atoms with Gasteiger partial charge in [-0.2, -0.15) is 0 Å². The molecule has 0 atom stereocenters. The topological polar surface area (TPSA) is 57.2 Å². The first kappa shape index (κ1) is 22.5. The van der Waals surface area contributed by atoms with Gasteiger partial charge in [0, 0.05) is 60.4 Å². The molecule has 7 heteroatoms. The molecule has 2 fully saturated rings. The number of nitrogens with one attached hydrogen (secondary N) is 1. The Kier molecular flexibility index (Phi) is 10.7. The summed E-state index contributed by atoms with van der Waals surface area (Å²) in [6.07, 6.45) is 5.74. The lowest BCUT2D eigenvalue weighted by atomic mass is 9.96. The van der Waals surface area contributed by atoms with Crippen LogP contribution < -0.4 is 5.32 Å². The van der Waals surface area contributed by atoms with Gasteiger partial charge in [0.15, 0.2) is 5.96 Å². The van der Waals surface area contributed by atoms with E-state index in [4.69, 9.17) is 4.74 Å². The van der Waals surface area contributed by atoms with Gasteiger partial charge >= 0.3 is 0 Å². The van der Waals surface area contributed by atoms with Gasteiger partial charge in [0.25, 0.3) is 0 Å². The number of carbonyl (C=O) groups is 1. The minimum absolute atomic E-state index is 0. The molecule has 1 N–H and O–H groups in total. The van der Waals surface area contributed by atoms with Crippen LogP contribution in [-0.4, -0.2) is 75.2 Å². The van der Waals surface area contributed by atoms with E-state index in [1.54, 1.807) is 6.92 Å². The van der Waals surface area contributed by atoms with Gasteiger partial charge in [0.05, 0.1) is 0 Å². The van der Waals surface area contributed by atoms with Crippen molar-refractivity contribution in [1.82, 2.24) is 15.1 Å². The van der Waals surface area contributed by atoms with Crippen LogP contribution in [0.4, 0.5) is 0 Å². The van der Waals surface area contributed by atoms with E-state index in [-0.39, 0.29) is 29.9 Å². The van der Waals surface area contributed by atoms with Crippen molar-refractivity contribution in [3.8, 4) is 0 Å². The molecule has 0 aliphatic carbocycles. The van der Waals surface area contributed by atoms with Crippen molar-refractivity contribution in [2.75, 3.05) is 53.5 Å². The zero-order valence-electron chi connectivity index (χ0n) is 16.0. The van der Waals surface area contributed by atoms with Gasteiger partial charge in [-0.05, 0) is 43.9 Å². The average molecular weight is 466 g/mol. The summed E-state index contributed by atoms with van der Waals surface area (Å²) in [5.74, 6) is 2.59. The summed E-state index contributed by atoms with van der Waals surface area (Å²) in [6.45, 7) is 7.25. The van der Waals surface area contributed by atoms with Crippen molar-refractivity contribution >= 4 is 35.8 Å². The first-order valence-electron chi connectivity index (χ1n) is 9.35. The molecule has 2 aliphatic rings. The van der Waals surface area contributed by atoms with Crippen LogP contribution in [-0.2, 0) is 9.53 Å². The average Bonchev–Trinajstić information content (AvgIpc) is 2.61. The summed E-state index contributed by atoms with van der Waals surface area (Å²) in [5.41, 5.74) is 0. The lowest BCUT2D eigenvalue weighted by Gasteiger charge is -2.32. The number of guanidine groups is 1. The molecule has 0 radical (unpaired) electrons. The molecule has 1 amide bonds. The Morgan fingerprint density at radius 1 is 1.20 bits per heavy atom. The Bertz CT molecular complexity index is 419. The number of aliphatic imine (C=N–C) groups is 1. The maximum atomic E-state index is 11.4. The number of likely N-dealkylation sites (tertiary alicyclic amines) is 1. The smallest absolute Gasteiger partial charge is 0.219 e. The molecule has 146 valence electrons. The third-order valence-corrected chi connectivity index (χ3v) is 5.40. The molecule has 6 nitrogen and oxygen atoms in total. The van der Waals surface area contributed by atoms with Crippen LogP contribution in [0, 0.1) is 11.8 Å². The van der Waals surface area contributed by atoms with Gasteiger partial charge in [-0.15, -0.1) is 24.0 Å². The zero-order chi connectivity index (χ0) is 17.4. The van der Waals surface area contributed by atoms with Crippen molar-refractivity contribution in [2.45, 2.75) is 39.0 Å². The zero-order valence-corrected chi connectivity index (χ0v) is 18.3. The molecule has 2 rings (SSSR count). The van der Waals surface area contributed by atoms with E-state index in [0.717, 1.165) is 64.1 Å². The summed E-state index contributed by atoms with van der Waals surface area (Å²) in [5, 5.41) is 3.52. The minimum atomic E-state index is 0. The molecule has 0 aromatic rings. The fraction of sp³-hybridized carbons (Fsp3) is 0.889. The summed E-state index contributed by atoms with van der Waals surface area (Å²) in [7, 11) is 3.97. The van der Waals surface area contributed by atoms with E-state index in [1.165, 1.54) is 19.3 Å². The number of hydrogen-bond acceptors (Lipinski definition) is 3. The highest BCUT2D eigenvalue weighted by Gasteiger charge is 2.21. The number of piperidine rings is 1. The Labute approximate surface area is 169 Å². The SMILES string of the molecule is CN=C(NCC1CCN(C(C)=O)CC1)N(C)CCC1CCOCC1.I. The highest BCUT2D eigenvalue weighted by Crippen LogP contribution is 2.19. The van der Waals surface area contributed by atoms with E-state index in [9.17, 15) is 4.79 Å². The maximum absolute atomic E-state index is 11.4. The summed E-state index contributed by atoms with van der Waals surface area (Å²) >= 11 is 0. The van der Waals surface area contributed by atoms with Crippen LogP contribution in [0.5, 0.6) is 0 Å². The number of amides is 1. The quantitative estimate of drug-likeness (QED) is 0.384. The van der Waals surface area contributed by atoms with E-state index in [0.29, 0.717) is 5.92 Å². The van der Waals surface area contributed by atoms with Crippen LogP contribution >= 0.6 is 24.0 Å². The molecule has 2 saturated heterocycles. The van der Waals surface area contributed by atoms with Crippen LogP contribution in [0.15, 0.2) is 4.99 Å². The Hall–Kier alpha value is -0.570. The molecule has 0 unspecified atom stereocenters. The van der Waals surface area contributed by atoms with E-state index >= 15 is 0 Å². The van der Waals surface area contributed by atoms with Crippen LogP contribution in [0.25, 0.3) is 0 Å². The molecule has 0 aromatic carbocycles. The third-order valence-electron chi connectivity index (χ3n) is 5.40. The van der Waals surface area contributed by atoms with Crippen molar-refractivity contribution in [2.24, 2.45) is 16.8 Å². The predicted molar refractivity (Wildman–Crippen MR) is 113 cm³/mol. The number of nitrogens with zero attached hydrogens (tertiary/aromatic N) is 3. The fourth-order valence-corrected chi connectivity index (χ4v) is 3.59. The van der Waals surface area contributed by atoms with Gasteiger partial charge in [-0.25, -0.2) is 0 Å². The van der Waals surface area contributed by atoms with E-state index in [1.807, 2.05) is 11.9 Å². The highest BCUT2D eigenvalue weighted by atomic mass is 127. The summed E-state index contributed by atoms with van der Waals surface area (Å²) < 4.78 is 5.43. The van der Waals surface area contributed by atoms with Gasteiger partial charge in [0.2, 0.25) is 5.91 Å². The number of ether oxygens (including phenoxy) is 1. The lowest BCUT2D eigenvalue weighted by molar-refractivity contribution is -0.130. The van der Waals surface area contributed by atoms with Gasteiger partial charge in [-0.1, -0.05) is 0 Å². The number of halogens is 1. The predicted octanol–water partition coefficient (Wildman–Crippen LogP) is 2.19. The third kappa shape index (κ3) is 7.68. The fourth-order valence-electron chi connectivity index (χ4n) is 3.59. The Balaban J connectivity index is 0.00000312. The van der Waals surface area contributed by atoms with Crippen molar-refractivity contribution < 1.29 is 9.53 Å². The van der Waals surface area contributed by atoms with E-state index in [2.05, 4.69) is 22.3 Å². The second-order valence-corrected chi connectivity index (χ2v) is 7.14. The maximum Gasteiger partial charge on any atom is 0.219 e. The molecule has 0 bridgehead atoms. The van der Waals surface area contributed by atoms with Crippen LogP contribution in [0.3, 0.4) is 0 Å². The highest BCUT2D eigenvalue weighted by molar-refractivity contribution is 14.0. The molecular weight excluding hydrogens is 431 g/mol. The number of rotatable bonds is 5. The summed E-state index contributed by atoms with van der Waals surface area (Å²) in [4.78, 5) is 20.0. The van der Waals surface area contributed by atoms with Crippen LogP contribution in [0.2, 0.25) is 0 Å². The first-order valence-corrected chi connectivity index (χ1v) is 9.35. The summed E-state index contributed by atoms with van der Waals surface area (Å²) in [6, 6.07) is 0. The molecule has 0 saturated carbocycles. The van der Waals surface area contributed by atoms with Crippen molar-refractivity contribution in [3.63, 3.8) is 0 Å².